The molecule has 0 radical (unpaired) electrons. The van der Waals surface area contributed by atoms with Gasteiger partial charge in [0.25, 0.3) is 5.91 Å². The van der Waals surface area contributed by atoms with E-state index >= 15 is 0 Å². The van der Waals surface area contributed by atoms with Crippen LogP contribution in [-0.2, 0) is 11.3 Å². The van der Waals surface area contributed by atoms with Crippen LogP contribution in [0.4, 0.5) is 0 Å². The van der Waals surface area contributed by atoms with E-state index in [0.717, 1.165) is 36.5 Å². The zero-order chi connectivity index (χ0) is 22.3. The van der Waals surface area contributed by atoms with Crippen molar-refractivity contribution in [3.8, 4) is 5.75 Å². The molecule has 1 saturated heterocycles. The SMILES string of the molecule is COc1cccc(C(CN2CCN(C(=O)c3ccco3)CC2)OCc2cccc(Cl)c2)c1. The highest BCUT2D eigenvalue weighted by Crippen LogP contribution is 2.25. The van der Waals surface area contributed by atoms with Crippen LogP contribution in [0.15, 0.2) is 71.3 Å². The van der Waals surface area contributed by atoms with Gasteiger partial charge in [-0.25, -0.2) is 0 Å². The summed E-state index contributed by atoms with van der Waals surface area (Å²) in [6.07, 6.45) is 1.39. The van der Waals surface area contributed by atoms with Crippen LogP contribution >= 0.6 is 11.6 Å². The molecule has 2 heterocycles. The van der Waals surface area contributed by atoms with Crippen LogP contribution in [0.25, 0.3) is 0 Å². The summed E-state index contributed by atoms with van der Waals surface area (Å²) in [5.74, 6) is 1.13. The molecule has 4 rings (SSSR count). The van der Waals surface area contributed by atoms with E-state index in [1.54, 1.807) is 19.2 Å². The van der Waals surface area contributed by atoms with Gasteiger partial charge in [-0.05, 0) is 47.5 Å². The predicted octanol–water partition coefficient (Wildman–Crippen LogP) is 4.66. The average molecular weight is 455 g/mol. The number of rotatable bonds is 8. The Morgan fingerprint density at radius 1 is 1.06 bits per heavy atom. The summed E-state index contributed by atoms with van der Waals surface area (Å²) >= 11 is 6.13. The smallest absolute Gasteiger partial charge is 0.289 e. The van der Waals surface area contributed by atoms with E-state index < -0.39 is 0 Å². The van der Waals surface area contributed by atoms with Crippen molar-refractivity contribution in [1.29, 1.82) is 0 Å². The first-order valence-corrected chi connectivity index (χ1v) is 11.1. The maximum Gasteiger partial charge on any atom is 0.289 e. The molecule has 1 unspecified atom stereocenters. The van der Waals surface area contributed by atoms with Gasteiger partial charge in [0.15, 0.2) is 5.76 Å². The monoisotopic (exact) mass is 454 g/mol. The summed E-state index contributed by atoms with van der Waals surface area (Å²) in [7, 11) is 1.66. The Kier molecular flexibility index (Phi) is 7.47. The van der Waals surface area contributed by atoms with Gasteiger partial charge in [-0.2, -0.15) is 0 Å². The van der Waals surface area contributed by atoms with E-state index in [1.807, 2.05) is 47.4 Å². The Labute approximate surface area is 193 Å². The maximum absolute atomic E-state index is 12.5. The number of carbonyl (C=O) groups is 1. The molecule has 1 aliphatic rings. The fourth-order valence-corrected chi connectivity index (χ4v) is 4.06. The van der Waals surface area contributed by atoms with Crippen LogP contribution in [-0.4, -0.2) is 55.5 Å². The molecule has 3 aromatic rings. The quantitative estimate of drug-likeness (QED) is 0.495. The number of furan rings is 1. The summed E-state index contributed by atoms with van der Waals surface area (Å²) in [4.78, 5) is 16.7. The van der Waals surface area contributed by atoms with Crippen LogP contribution < -0.4 is 4.74 Å². The standard InChI is InChI=1S/C25H27ClN2O4/c1-30-22-8-3-6-20(16-22)24(32-18-19-5-2-7-21(26)15-19)17-27-10-12-28(13-11-27)25(29)23-9-4-14-31-23/h2-9,14-16,24H,10-13,17-18H2,1H3. The van der Waals surface area contributed by atoms with Gasteiger partial charge in [0.1, 0.15) is 5.75 Å². The largest absolute Gasteiger partial charge is 0.497 e. The normalized spacial score (nSPS) is 15.5. The van der Waals surface area contributed by atoms with Gasteiger partial charge < -0.3 is 18.8 Å². The molecule has 6 nitrogen and oxygen atoms in total. The van der Waals surface area contributed by atoms with Gasteiger partial charge in [-0.1, -0.05) is 35.9 Å². The van der Waals surface area contributed by atoms with Crippen molar-refractivity contribution >= 4 is 17.5 Å². The van der Waals surface area contributed by atoms with Crippen molar-refractivity contribution < 1.29 is 18.7 Å². The average Bonchev–Trinajstić information content (AvgIpc) is 3.37. The summed E-state index contributed by atoms with van der Waals surface area (Å²) in [5.41, 5.74) is 2.08. The molecule has 1 amide bonds. The Bertz CT molecular complexity index is 1020. The number of carbonyl (C=O) groups excluding carboxylic acids is 1. The minimum Gasteiger partial charge on any atom is -0.497 e. The highest BCUT2D eigenvalue weighted by Gasteiger charge is 2.26. The van der Waals surface area contributed by atoms with Crippen molar-refractivity contribution in [2.45, 2.75) is 12.7 Å². The predicted molar refractivity (Wildman–Crippen MR) is 123 cm³/mol. The zero-order valence-corrected chi connectivity index (χ0v) is 18.8. The number of amides is 1. The van der Waals surface area contributed by atoms with Crippen LogP contribution in [0.5, 0.6) is 5.75 Å². The molecule has 0 saturated carbocycles. The van der Waals surface area contributed by atoms with E-state index in [4.69, 9.17) is 25.5 Å². The number of piperazine rings is 1. The van der Waals surface area contributed by atoms with E-state index in [-0.39, 0.29) is 12.0 Å². The lowest BCUT2D eigenvalue weighted by Crippen LogP contribution is -2.49. The van der Waals surface area contributed by atoms with Crippen molar-refractivity contribution in [3.05, 3.63) is 88.8 Å². The molecule has 1 atom stereocenters. The minimum atomic E-state index is -0.142. The fourth-order valence-electron chi connectivity index (χ4n) is 3.84. The van der Waals surface area contributed by atoms with E-state index in [2.05, 4.69) is 11.0 Å². The number of hydrogen-bond acceptors (Lipinski definition) is 5. The number of ether oxygens (including phenoxy) is 2. The molecule has 0 bridgehead atoms. The molecule has 2 aromatic carbocycles. The molecule has 0 aliphatic carbocycles. The molecule has 1 fully saturated rings. The van der Waals surface area contributed by atoms with Gasteiger partial charge in [0.2, 0.25) is 0 Å². The van der Waals surface area contributed by atoms with Gasteiger partial charge in [-0.3, -0.25) is 9.69 Å². The van der Waals surface area contributed by atoms with Gasteiger partial charge in [0.05, 0.1) is 26.1 Å². The van der Waals surface area contributed by atoms with Crippen LogP contribution in [0, 0.1) is 0 Å². The number of methoxy groups -OCH3 is 1. The number of halogens is 1. The lowest BCUT2D eigenvalue weighted by atomic mass is 10.1. The van der Waals surface area contributed by atoms with Crippen molar-refractivity contribution in [2.24, 2.45) is 0 Å². The first-order chi connectivity index (χ1) is 15.6. The zero-order valence-electron chi connectivity index (χ0n) is 18.1. The van der Waals surface area contributed by atoms with Crippen LogP contribution in [0.2, 0.25) is 5.02 Å². The fraction of sp³-hybridized carbons (Fsp3) is 0.320. The molecule has 168 valence electrons. The minimum absolute atomic E-state index is 0.0591. The first kappa shape index (κ1) is 22.4. The molecular weight excluding hydrogens is 428 g/mol. The first-order valence-electron chi connectivity index (χ1n) is 10.7. The van der Waals surface area contributed by atoms with Gasteiger partial charge in [0, 0.05) is 37.7 Å². The lowest BCUT2D eigenvalue weighted by molar-refractivity contribution is 0.00301. The number of nitrogens with zero attached hydrogens (tertiary/aromatic N) is 2. The molecule has 1 aromatic heterocycles. The summed E-state index contributed by atoms with van der Waals surface area (Å²) < 4.78 is 17.0. The lowest BCUT2D eigenvalue weighted by Gasteiger charge is -2.36. The van der Waals surface area contributed by atoms with Gasteiger partial charge >= 0.3 is 0 Å². The second-order valence-electron chi connectivity index (χ2n) is 7.78. The summed E-state index contributed by atoms with van der Waals surface area (Å²) in [6, 6.07) is 19.1. The van der Waals surface area contributed by atoms with Crippen molar-refractivity contribution in [1.82, 2.24) is 9.80 Å². The Morgan fingerprint density at radius 3 is 2.59 bits per heavy atom. The highest BCUT2D eigenvalue weighted by atomic mass is 35.5. The number of hydrogen-bond donors (Lipinski definition) is 0. The van der Waals surface area contributed by atoms with E-state index in [1.165, 1.54) is 6.26 Å². The third kappa shape index (κ3) is 5.71. The van der Waals surface area contributed by atoms with Crippen molar-refractivity contribution in [3.63, 3.8) is 0 Å². The Balaban J connectivity index is 1.41. The van der Waals surface area contributed by atoms with Crippen LogP contribution in [0.1, 0.15) is 27.8 Å². The molecular formula is C25H27ClN2O4. The Hall–Kier alpha value is -2.80. The summed E-state index contributed by atoms with van der Waals surface area (Å²) in [6.45, 7) is 4.02. The van der Waals surface area contributed by atoms with Crippen LogP contribution in [0.3, 0.4) is 0 Å². The molecule has 0 N–H and O–H groups in total. The number of benzene rings is 2. The topological polar surface area (TPSA) is 55.2 Å². The third-order valence-electron chi connectivity index (χ3n) is 5.62. The third-order valence-corrected chi connectivity index (χ3v) is 5.86. The summed E-state index contributed by atoms with van der Waals surface area (Å²) in [5, 5.41) is 0.696. The second kappa shape index (κ2) is 10.7. The Morgan fingerprint density at radius 2 is 1.88 bits per heavy atom. The molecule has 1 aliphatic heterocycles. The van der Waals surface area contributed by atoms with Gasteiger partial charge in [-0.15, -0.1) is 0 Å². The molecule has 0 spiro atoms. The highest BCUT2D eigenvalue weighted by molar-refractivity contribution is 6.30. The van der Waals surface area contributed by atoms with E-state index in [9.17, 15) is 4.79 Å². The van der Waals surface area contributed by atoms with Crippen molar-refractivity contribution in [2.75, 3.05) is 39.8 Å². The maximum atomic E-state index is 12.5. The second-order valence-corrected chi connectivity index (χ2v) is 8.21. The molecule has 32 heavy (non-hydrogen) atoms. The van der Waals surface area contributed by atoms with E-state index in [0.29, 0.717) is 30.5 Å². The molecule has 7 heteroatoms.